The number of hydrogen-bond acceptors (Lipinski definition) is 5. The number of ether oxygens (including phenoxy) is 1. The quantitative estimate of drug-likeness (QED) is 0.842. The van der Waals surface area contributed by atoms with Crippen molar-refractivity contribution < 1.29 is 22.3 Å². The minimum absolute atomic E-state index is 0.0981. The molecule has 1 unspecified atom stereocenters. The van der Waals surface area contributed by atoms with Gasteiger partial charge in [0.05, 0.1) is 19.5 Å². The third-order valence-corrected chi connectivity index (χ3v) is 4.74. The van der Waals surface area contributed by atoms with Crippen LogP contribution in [0.3, 0.4) is 0 Å². The van der Waals surface area contributed by atoms with Gasteiger partial charge in [0.1, 0.15) is 11.6 Å². The zero-order valence-electron chi connectivity index (χ0n) is 13.2. The molecule has 5 nitrogen and oxygen atoms in total. The molecule has 8 heteroatoms. The van der Waals surface area contributed by atoms with Gasteiger partial charge in [-0.15, -0.1) is 0 Å². The molecule has 1 atom stereocenters. The third kappa shape index (κ3) is 3.24. The Labute approximate surface area is 144 Å². The van der Waals surface area contributed by atoms with Gasteiger partial charge in [-0.2, -0.15) is 4.79 Å². The summed E-state index contributed by atoms with van der Waals surface area (Å²) in [5, 5.41) is 3.12. The van der Waals surface area contributed by atoms with Gasteiger partial charge >= 0.3 is 6.09 Å². The van der Waals surface area contributed by atoms with Gasteiger partial charge in [0.25, 0.3) is 12.4 Å². The van der Waals surface area contributed by atoms with E-state index in [0.717, 1.165) is 22.1 Å². The summed E-state index contributed by atoms with van der Waals surface area (Å²) in [5.41, 5.74) is 2.17. The second-order valence-electron chi connectivity index (χ2n) is 5.90. The van der Waals surface area contributed by atoms with E-state index in [1.165, 1.54) is 13.2 Å². The van der Waals surface area contributed by atoms with Crippen LogP contribution in [0.1, 0.15) is 17.5 Å². The molecule has 0 radical (unpaired) electrons. The topological polar surface area (TPSA) is 44.6 Å². The second kappa shape index (κ2) is 6.80. The van der Waals surface area contributed by atoms with Crippen molar-refractivity contribution in [3.05, 3.63) is 46.8 Å². The fourth-order valence-electron chi connectivity index (χ4n) is 3.31. The number of nitrogens with one attached hydrogen (secondary N) is 1. The van der Waals surface area contributed by atoms with Gasteiger partial charge in [0.2, 0.25) is 6.54 Å². The lowest BCUT2D eigenvalue weighted by Crippen LogP contribution is -2.41. The lowest BCUT2D eigenvalue weighted by Gasteiger charge is -2.34. The van der Waals surface area contributed by atoms with Gasteiger partial charge < -0.3 is 15.0 Å². The molecule has 1 amide bonds. The van der Waals surface area contributed by atoms with Crippen LogP contribution < -0.4 is 5.32 Å². The van der Waals surface area contributed by atoms with Crippen LogP contribution >= 0.6 is 0 Å². The Bertz CT molecular complexity index is 724. The maximum Gasteiger partial charge on any atom is 0.611 e. The first-order chi connectivity index (χ1) is 11.5. The number of benzene rings is 1. The number of methoxy groups -OCH3 is 1. The molecule has 3 rings (SSSR count). The van der Waals surface area contributed by atoms with E-state index in [0.29, 0.717) is 30.6 Å². The molecular formula is C16H18F2N3O2S+. The monoisotopic (exact) mass is 354 g/mol. The smallest absolute Gasteiger partial charge is 0.414 e. The number of hydrogen-bond donors (Lipinski definition) is 1. The summed E-state index contributed by atoms with van der Waals surface area (Å²) in [6.07, 6.45) is 3.09. The van der Waals surface area contributed by atoms with Gasteiger partial charge in [-0.05, 0) is 40.4 Å². The minimum Gasteiger partial charge on any atom is -0.414 e. The summed E-state index contributed by atoms with van der Waals surface area (Å²) in [6, 6.07) is 2.44. The summed E-state index contributed by atoms with van der Waals surface area (Å²) in [6.45, 7) is 0.813. The third-order valence-electron chi connectivity index (χ3n) is 4.46. The van der Waals surface area contributed by atoms with Gasteiger partial charge in [0.15, 0.2) is 0 Å². The van der Waals surface area contributed by atoms with Gasteiger partial charge in [-0.1, -0.05) is 0 Å². The summed E-state index contributed by atoms with van der Waals surface area (Å²) in [7, 11) is 1.28. The molecule has 1 aromatic rings. The number of fused-ring (bicyclic) bond motifs is 1. The van der Waals surface area contributed by atoms with Crippen molar-refractivity contribution in [3.8, 4) is 0 Å². The first-order valence-corrected chi connectivity index (χ1v) is 8.04. The van der Waals surface area contributed by atoms with Crippen LogP contribution in [0.15, 0.2) is 24.0 Å². The Morgan fingerprint density at radius 1 is 1.50 bits per heavy atom. The highest BCUT2D eigenvalue weighted by molar-refractivity contribution is 7.44. The molecule has 0 saturated heterocycles. The average molecular weight is 354 g/mol. The summed E-state index contributed by atoms with van der Waals surface area (Å²) >= 11 is 5.01. The van der Waals surface area contributed by atoms with Crippen molar-refractivity contribution in [3.63, 3.8) is 0 Å². The molecule has 1 aliphatic heterocycles. The SMILES string of the molecule is COC(=O)[N+](=S)CC1=CNCN1C1CCc2c(F)cc(F)cc2C1. The Balaban J connectivity index is 1.74. The molecular weight excluding hydrogens is 336 g/mol. The maximum absolute atomic E-state index is 13.9. The number of nitrogens with zero attached hydrogens (tertiary/aromatic N) is 2. The molecule has 0 aromatic heterocycles. The number of halogens is 2. The number of rotatable bonds is 3. The standard InChI is InChI=1S/C16H18F2N3O2S/c1-23-16(22)21(24)8-13-7-19-9-20(13)12-2-3-14-10(5-12)4-11(17)6-15(14)18/h4,6-7,12,19H,2-3,5,8-9H2,1H3/q+1. The van der Waals surface area contributed by atoms with E-state index in [2.05, 4.69) is 15.0 Å². The van der Waals surface area contributed by atoms with Crippen LogP contribution in [0.5, 0.6) is 0 Å². The van der Waals surface area contributed by atoms with Crippen molar-refractivity contribution in [2.24, 2.45) is 0 Å². The molecule has 1 heterocycles. The number of carbonyl (C=O) groups excluding carboxylic acids is 1. The van der Waals surface area contributed by atoms with E-state index in [1.54, 1.807) is 0 Å². The predicted molar refractivity (Wildman–Crippen MR) is 85.0 cm³/mol. The average Bonchev–Trinajstić information content (AvgIpc) is 3.01. The van der Waals surface area contributed by atoms with E-state index in [1.807, 2.05) is 6.20 Å². The highest BCUT2D eigenvalue weighted by Gasteiger charge is 2.32. The fraction of sp³-hybridized carbons (Fsp3) is 0.438. The number of carbonyl (C=O) groups is 1. The Kier molecular flexibility index (Phi) is 4.75. The van der Waals surface area contributed by atoms with Crippen LogP contribution in [-0.4, -0.2) is 41.3 Å². The zero-order chi connectivity index (χ0) is 17.3. The van der Waals surface area contributed by atoms with Crippen LogP contribution in [0.2, 0.25) is 0 Å². The van der Waals surface area contributed by atoms with Crippen molar-refractivity contribution in [2.45, 2.75) is 25.3 Å². The van der Waals surface area contributed by atoms with E-state index in [-0.39, 0.29) is 12.6 Å². The van der Waals surface area contributed by atoms with Crippen molar-refractivity contribution in [1.82, 2.24) is 10.2 Å². The molecule has 0 saturated carbocycles. The van der Waals surface area contributed by atoms with E-state index in [4.69, 9.17) is 12.4 Å². The molecule has 1 N–H and O–H groups in total. The Morgan fingerprint density at radius 2 is 2.29 bits per heavy atom. The first kappa shape index (κ1) is 16.8. The lowest BCUT2D eigenvalue weighted by molar-refractivity contribution is -0.409. The zero-order valence-corrected chi connectivity index (χ0v) is 14.0. The number of amides is 1. The summed E-state index contributed by atoms with van der Waals surface area (Å²) in [5.74, 6) is -1.02. The fourth-order valence-corrected chi connectivity index (χ4v) is 3.52. The largest absolute Gasteiger partial charge is 0.611 e. The first-order valence-electron chi connectivity index (χ1n) is 7.68. The van der Waals surface area contributed by atoms with Gasteiger partial charge in [-0.25, -0.2) is 8.78 Å². The molecule has 0 bridgehead atoms. The maximum atomic E-state index is 13.9. The predicted octanol–water partition coefficient (Wildman–Crippen LogP) is 2.04. The summed E-state index contributed by atoms with van der Waals surface area (Å²) < 4.78 is 33.0. The van der Waals surface area contributed by atoms with Crippen molar-refractivity contribution >= 4 is 18.5 Å². The Morgan fingerprint density at radius 3 is 3.04 bits per heavy atom. The normalized spacial score (nSPS) is 19.4. The van der Waals surface area contributed by atoms with Crippen LogP contribution in [-0.2, 0) is 30.0 Å². The highest BCUT2D eigenvalue weighted by Crippen LogP contribution is 2.29. The van der Waals surface area contributed by atoms with Crippen molar-refractivity contribution in [2.75, 3.05) is 20.3 Å². The molecule has 2 aliphatic rings. The molecule has 1 aliphatic carbocycles. The van der Waals surface area contributed by atoms with E-state index < -0.39 is 17.7 Å². The van der Waals surface area contributed by atoms with E-state index in [9.17, 15) is 13.6 Å². The molecule has 1 aromatic carbocycles. The Hall–Kier alpha value is -2.09. The minimum atomic E-state index is -0.587. The second-order valence-corrected chi connectivity index (χ2v) is 6.34. The van der Waals surface area contributed by atoms with E-state index >= 15 is 0 Å². The van der Waals surface area contributed by atoms with Crippen LogP contribution in [0.25, 0.3) is 0 Å². The highest BCUT2D eigenvalue weighted by atomic mass is 32.1. The van der Waals surface area contributed by atoms with Gasteiger partial charge in [-0.3, -0.25) is 0 Å². The van der Waals surface area contributed by atoms with Gasteiger partial charge in [0, 0.05) is 18.3 Å². The molecule has 128 valence electrons. The van der Waals surface area contributed by atoms with Crippen LogP contribution in [0, 0.1) is 11.6 Å². The van der Waals surface area contributed by atoms with Crippen LogP contribution in [0.4, 0.5) is 13.6 Å². The summed E-state index contributed by atoms with van der Waals surface area (Å²) in [4.78, 5) is 13.6. The molecule has 0 spiro atoms. The molecule has 0 fully saturated rings. The lowest BCUT2D eigenvalue weighted by atomic mass is 9.87. The molecule has 24 heavy (non-hydrogen) atoms. The van der Waals surface area contributed by atoms with Crippen molar-refractivity contribution in [1.29, 1.82) is 0 Å².